The first-order valence-electron chi connectivity index (χ1n) is 7.19. The van der Waals surface area contributed by atoms with Crippen molar-refractivity contribution >= 4 is 11.6 Å². The fourth-order valence-corrected chi connectivity index (χ4v) is 2.90. The average Bonchev–Trinajstić information content (AvgIpc) is 2.34. The zero-order valence-electron chi connectivity index (χ0n) is 11.9. The first-order chi connectivity index (χ1) is 9.04. The third-order valence-electron chi connectivity index (χ3n) is 3.95. The number of carbonyl (C=O) groups is 1. The molecule has 0 saturated heterocycles. The van der Waals surface area contributed by atoms with Crippen LogP contribution in [-0.4, -0.2) is 11.9 Å². The molecule has 1 fully saturated rings. The van der Waals surface area contributed by atoms with E-state index < -0.39 is 0 Å². The zero-order chi connectivity index (χ0) is 13.8. The maximum absolute atomic E-state index is 12.1. The minimum atomic E-state index is 0.0939. The van der Waals surface area contributed by atoms with Crippen LogP contribution in [0.5, 0.6) is 0 Å². The lowest BCUT2D eigenvalue weighted by Gasteiger charge is -2.27. The molecule has 3 nitrogen and oxygen atoms in total. The van der Waals surface area contributed by atoms with Gasteiger partial charge in [0, 0.05) is 11.7 Å². The van der Waals surface area contributed by atoms with Crippen LogP contribution in [-0.2, 0) is 11.2 Å². The molecular formula is C16H24N2O. The van der Waals surface area contributed by atoms with Crippen LogP contribution in [0.3, 0.4) is 0 Å². The van der Waals surface area contributed by atoms with E-state index in [-0.39, 0.29) is 5.91 Å². The Morgan fingerprint density at radius 2 is 2.21 bits per heavy atom. The van der Waals surface area contributed by atoms with Gasteiger partial charge in [-0.2, -0.15) is 0 Å². The number of benzene rings is 1. The quantitative estimate of drug-likeness (QED) is 0.821. The van der Waals surface area contributed by atoms with Gasteiger partial charge in [0.25, 0.3) is 0 Å². The number of hydrogen-bond acceptors (Lipinski definition) is 2. The molecule has 1 aromatic carbocycles. The minimum Gasteiger partial charge on any atom is -0.398 e. The molecule has 0 spiro atoms. The van der Waals surface area contributed by atoms with Gasteiger partial charge in [0.15, 0.2) is 0 Å². The molecule has 0 unspecified atom stereocenters. The molecule has 3 N–H and O–H groups in total. The van der Waals surface area contributed by atoms with Crippen molar-refractivity contribution in [3.05, 3.63) is 29.3 Å². The molecule has 0 aliphatic heterocycles. The number of rotatable bonds is 3. The third-order valence-corrected chi connectivity index (χ3v) is 3.95. The topological polar surface area (TPSA) is 55.1 Å². The summed E-state index contributed by atoms with van der Waals surface area (Å²) < 4.78 is 0. The van der Waals surface area contributed by atoms with Crippen LogP contribution in [0.15, 0.2) is 18.2 Å². The second kappa shape index (κ2) is 6.09. The largest absolute Gasteiger partial charge is 0.398 e. The van der Waals surface area contributed by atoms with Crippen LogP contribution in [0.1, 0.15) is 43.7 Å². The average molecular weight is 260 g/mol. The van der Waals surface area contributed by atoms with Crippen LogP contribution >= 0.6 is 0 Å². The predicted molar refractivity (Wildman–Crippen MR) is 78.9 cm³/mol. The summed E-state index contributed by atoms with van der Waals surface area (Å²) in [4.78, 5) is 12.1. The van der Waals surface area contributed by atoms with Crippen LogP contribution in [0.4, 0.5) is 5.69 Å². The summed E-state index contributed by atoms with van der Waals surface area (Å²) in [6.07, 6.45) is 5.11. The van der Waals surface area contributed by atoms with Gasteiger partial charge in [0.1, 0.15) is 0 Å². The van der Waals surface area contributed by atoms with E-state index in [9.17, 15) is 4.79 Å². The molecule has 104 valence electrons. The number of aryl methyl sites for hydroxylation is 1. The van der Waals surface area contributed by atoms with Gasteiger partial charge in [0.2, 0.25) is 5.91 Å². The SMILES string of the molecule is Cc1ccc(N)c(CC(=O)N[C@H]2CCC[C@H](C)C2)c1. The maximum Gasteiger partial charge on any atom is 0.224 e. The van der Waals surface area contributed by atoms with Crippen molar-refractivity contribution in [2.45, 2.75) is 52.0 Å². The Morgan fingerprint density at radius 1 is 1.42 bits per heavy atom. The number of nitrogens with one attached hydrogen (secondary N) is 1. The molecule has 19 heavy (non-hydrogen) atoms. The van der Waals surface area contributed by atoms with E-state index in [2.05, 4.69) is 12.2 Å². The lowest BCUT2D eigenvalue weighted by molar-refractivity contribution is -0.121. The summed E-state index contributed by atoms with van der Waals surface area (Å²) in [6.45, 7) is 4.28. The number of nitrogen functional groups attached to an aromatic ring is 1. The first kappa shape index (κ1) is 13.9. The fraction of sp³-hybridized carbons (Fsp3) is 0.562. The Hall–Kier alpha value is -1.51. The molecule has 1 saturated carbocycles. The maximum atomic E-state index is 12.1. The summed E-state index contributed by atoms with van der Waals surface area (Å²) in [6, 6.07) is 6.20. The van der Waals surface area contributed by atoms with E-state index >= 15 is 0 Å². The lowest BCUT2D eigenvalue weighted by Crippen LogP contribution is -2.38. The summed E-state index contributed by atoms with van der Waals surface area (Å²) in [7, 11) is 0. The molecule has 0 bridgehead atoms. The van der Waals surface area contributed by atoms with Crippen molar-refractivity contribution in [1.29, 1.82) is 0 Å². The Bertz CT molecular complexity index is 456. The van der Waals surface area contributed by atoms with E-state index in [0.717, 1.165) is 29.9 Å². The molecule has 0 aromatic heterocycles. The normalized spacial score (nSPS) is 23.1. The summed E-state index contributed by atoms with van der Waals surface area (Å²) in [5.74, 6) is 0.819. The van der Waals surface area contributed by atoms with Crippen molar-refractivity contribution in [1.82, 2.24) is 5.32 Å². The minimum absolute atomic E-state index is 0.0939. The smallest absolute Gasteiger partial charge is 0.224 e. The number of carbonyl (C=O) groups excluding carboxylic acids is 1. The molecular weight excluding hydrogens is 236 g/mol. The van der Waals surface area contributed by atoms with E-state index in [1.807, 2.05) is 25.1 Å². The molecule has 1 amide bonds. The number of amides is 1. The summed E-state index contributed by atoms with van der Waals surface area (Å²) in [5, 5.41) is 3.15. The van der Waals surface area contributed by atoms with E-state index in [1.165, 1.54) is 12.8 Å². The van der Waals surface area contributed by atoms with Crippen LogP contribution < -0.4 is 11.1 Å². The van der Waals surface area contributed by atoms with Crippen molar-refractivity contribution in [3.63, 3.8) is 0 Å². The Labute approximate surface area is 115 Å². The van der Waals surface area contributed by atoms with Gasteiger partial charge in [-0.3, -0.25) is 4.79 Å². The number of nitrogens with two attached hydrogens (primary N) is 1. The predicted octanol–water partition coefficient (Wildman–Crippen LogP) is 2.81. The number of anilines is 1. The molecule has 1 aliphatic rings. The van der Waals surface area contributed by atoms with Crippen molar-refractivity contribution in [2.24, 2.45) is 5.92 Å². The molecule has 1 aromatic rings. The highest BCUT2D eigenvalue weighted by Gasteiger charge is 2.20. The van der Waals surface area contributed by atoms with Gasteiger partial charge < -0.3 is 11.1 Å². The van der Waals surface area contributed by atoms with Gasteiger partial charge in [-0.1, -0.05) is 37.5 Å². The Kier molecular flexibility index (Phi) is 4.46. The fourth-order valence-electron chi connectivity index (χ4n) is 2.90. The Balaban J connectivity index is 1.92. The van der Waals surface area contributed by atoms with Crippen molar-refractivity contribution in [2.75, 3.05) is 5.73 Å². The highest BCUT2D eigenvalue weighted by molar-refractivity contribution is 5.80. The highest BCUT2D eigenvalue weighted by atomic mass is 16.1. The van der Waals surface area contributed by atoms with Gasteiger partial charge in [0.05, 0.1) is 6.42 Å². The monoisotopic (exact) mass is 260 g/mol. The highest BCUT2D eigenvalue weighted by Crippen LogP contribution is 2.23. The van der Waals surface area contributed by atoms with E-state index in [0.29, 0.717) is 18.2 Å². The second-order valence-corrected chi connectivity index (χ2v) is 5.92. The second-order valence-electron chi connectivity index (χ2n) is 5.92. The van der Waals surface area contributed by atoms with Gasteiger partial charge in [-0.25, -0.2) is 0 Å². The molecule has 0 heterocycles. The summed E-state index contributed by atoms with van der Waals surface area (Å²) in [5.41, 5.74) is 8.69. The van der Waals surface area contributed by atoms with E-state index in [1.54, 1.807) is 0 Å². The Morgan fingerprint density at radius 3 is 2.95 bits per heavy atom. The zero-order valence-corrected chi connectivity index (χ0v) is 11.9. The van der Waals surface area contributed by atoms with Gasteiger partial charge in [-0.05, 0) is 37.3 Å². The third kappa shape index (κ3) is 3.98. The van der Waals surface area contributed by atoms with E-state index in [4.69, 9.17) is 5.73 Å². The lowest BCUT2D eigenvalue weighted by atomic mass is 9.87. The molecule has 0 radical (unpaired) electrons. The summed E-state index contributed by atoms with van der Waals surface area (Å²) >= 11 is 0. The van der Waals surface area contributed by atoms with Crippen molar-refractivity contribution in [3.8, 4) is 0 Å². The molecule has 2 rings (SSSR count). The molecule has 3 heteroatoms. The van der Waals surface area contributed by atoms with Crippen LogP contribution in [0.25, 0.3) is 0 Å². The molecule has 2 atom stereocenters. The van der Waals surface area contributed by atoms with Crippen LogP contribution in [0, 0.1) is 12.8 Å². The van der Waals surface area contributed by atoms with Crippen LogP contribution in [0.2, 0.25) is 0 Å². The molecule has 1 aliphatic carbocycles. The van der Waals surface area contributed by atoms with Crippen molar-refractivity contribution < 1.29 is 4.79 Å². The number of hydrogen-bond donors (Lipinski definition) is 2. The van der Waals surface area contributed by atoms with Gasteiger partial charge in [-0.15, -0.1) is 0 Å². The first-order valence-corrected chi connectivity index (χ1v) is 7.19. The standard InChI is InChI=1S/C16H24N2O/c1-11-4-3-5-14(9-11)18-16(19)10-13-8-12(2)6-7-15(13)17/h6-8,11,14H,3-5,9-10,17H2,1-2H3,(H,18,19)/t11-,14-/m0/s1. The van der Waals surface area contributed by atoms with Gasteiger partial charge >= 0.3 is 0 Å².